The minimum absolute atomic E-state index is 0.0737. The Morgan fingerprint density at radius 3 is 1.49 bits per heavy atom. The number of pyridine rings is 2. The molecule has 272 valence electrons. The largest absolute Gasteiger partial charge is 0.512 e. The van der Waals surface area contributed by atoms with Gasteiger partial charge in [-0.2, -0.15) is 0 Å². The van der Waals surface area contributed by atoms with E-state index in [0.29, 0.717) is 78.5 Å². The Morgan fingerprint density at radius 1 is 0.509 bits per heavy atom. The van der Waals surface area contributed by atoms with Crippen molar-refractivity contribution < 1.29 is 28.8 Å². The van der Waals surface area contributed by atoms with E-state index in [1.165, 1.54) is 6.08 Å². The Kier molecular flexibility index (Phi) is 14.2. The van der Waals surface area contributed by atoms with E-state index in [0.717, 1.165) is 55.2 Å². The molecule has 6 rings (SSSR count). The quantitative estimate of drug-likeness (QED) is 0.0448. The maximum atomic E-state index is 12.3. The number of rotatable bonds is 21. The van der Waals surface area contributed by atoms with Gasteiger partial charge in [0.2, 0.25) is 0 Å². The van der Waals surface area contributed by atoms with Gasteiger partial charge in [0.15, 0.2) is 5.78 Å². The van der Waals surface area contributed by atoms with Gasteiger partial charge in [-0.15, -0.1) is 0 Å². The molecule has 0 spiro atoms. The van der Waals surface area contributed by atoms with Crippen molar-refractivity contribution in [1.29, 1.82) is 0 Å². The van der Waals surface area contributed by atoms with E-state index in [1.807, 2.05) is 73.1 Å². The molecule has 0 aliphatic carbocycles. The van der Waals surface area contributed by atoms with Crippen molar-refractivity contribution in [3.05, 3.63) is 145 Å². The maximum absolute atomic E-state index is 12.3. The zero-order chi connectivity index (χ0) is 36.5. The van der Waals surface area contributed by atoms with Gasteiger partial charge < -0.3 is 24.1 Å². The average molecular weight is 711 g/mol. The Balaban J connectivity index is 0.798. The Bertz CT molecular complexity index is 2080. The highest BCUT2D eigenvalue weighted by Gasteiger charge is 2.10. The van der Waals surface area contributed by atoms with Crippen molar-refractivity contribution in [2.75, 3.05) is 39.6 Å². The molecule has 0 amide bonds. The zero-order valence-corrected chi connectivity index (χ0v) is 30.0. The summed E-state index contributed by atoms with van der Waals surface area (Å²) in [5.41, 5.74) is 6.30. The average Bonchev–Trinajstić information content (AvgIpc) is 3.20. The molecule has 2 heterocycles. The van der Waals surface area contributed by atoms with Crippen molar-refractivity contribution in [2.45, 2.75) is 38.9 Å². The maximum Gasteiger partial charge on any atom is 0.159 e. The molecule has 53 heavy (non-hydrogen) atoms. The fourth-order valence-electron chi connectivity index (χ4n) is 6.29. The minimum atomic E-state index is -0.114. The Labute approximate surface area is 311 Å². The lowest BCUT2D eigenvalue weighted by Gasteiger charge is -2.11. The van der Waals surface area contributed by atoms with Crippen LogP contribution in [0.15, 0.2) is 133 Å². The lowest BCUT2D eigenvalue weighted by atomic mass is 10.0. The van der Waals surface area contributed by atoms with Crippen LogP contribution >= 0.6 is 0 Å². The summed E-state index contributed by atoms with van der Waals surface area (Å²) in [6.07, 6.45) is 6.89. The van der Waals surface area contributed by atoms with Crippen LogP contribution in [0.4, 0.5) is 0 Å². The monoisotopic (exact) mass is 710 g/mol. The molecule has 0 atom stereocenters. The fraction of sp³-hybridized carbons (Fsp3) is 0.267. The SMILES string of the molecule is O=C(C=C(O)CCCOCCOCc1cccc2c(-c3ccccc3)nccc12)CCCOCCOCc1cccc2c(-c3ccccc3)nccc12. The molecule has 2 aromatic heterocycles. The van der Waals surface area contributed by atoms with Gasteiger partial charge >= 0.3 is 0 Å². The first-order valence-corrected chi connectivity index (χ1v) is 18.2. The second-order valence-electron chi connectivity index (χ2n) is 12.7. The van der Waals surface area contributed by atoms with E-state index in [2.05, 4.69) is 58.5 Å². The first-order chi connectivity index (χ1) is 26.2. The minimum Gasteiger partial charge on any atom is -0.512 e. The van der Waals surface area contributed by atoms with Crippen LogP contribution in [0.25, 0.3) is 44.1 Å². The van der Waals surface area contributed by atoms with Crippen molar-refractivity contribution in [2.24, 2.45) is 0 Å². The fourth-order valence-corrected chi connectivity index (χ4v) is 6.29. The van der Waals surface area contributed by atoms with Gasteiger partial charge in [-0.05, 0) is 46.9 Å². The van der Waals surface area contributed by atoms with E-state index in [9.17, 15) is 9.90 Å². The molecule has 4 aromatic carbocycles. The molecule has 0 unspecified atom stereocenters. The number of aromatic nitrogens is 2. The van der Waals surface area contributed by atoms with E-state index in [-0.39, 0.29) is 11.5 Å². The lowest BCUT2D eigenvalue weighted by molar-refractivity contribution is -0.115. The summed E-state index contributed by atoms with van der Waals surface area (Å²) in [6.45, 7) is 3.67. The van der Waals surface area contributed by atoms with Gasteiger partial charge in [0.1, 0.15) is 0 Å². The van der Waals surface area contributed by atoms with Gasteiger partial charge in [0, 0.05) is 66.4 Å². The molecule has 1 N–H and O–H groups in total. The highest BCUT2D eigenvalue weighted by atomic mass is 16.5. The first-order valence-electron chi connectivity index (χ1n) is 18.2. The first kappa shape index (κ1) is 37.5. The van der Waals surface area contributed by atoms with E-state index in [1.54, 1.807) is 0 Å². The Morgan fingerprint density at radius 2 is 0.981 bits per heavy atom. The van der Waals surface area contributed by atoms with E-state index >= 15 is 0 Å². The third-order valence-corrected chi connectivity index (χ3v) is 8.91. The third kappa shape index (κ3) is 10.9. The van der Waals surface area contributed by atoms with Crippen LogP contribution in [0, 0.1) is 0 Å². The molecule has 8 heteroatoms. The summed E-state index contributed by atoms with van der Waals surface area (Å²) in [4.78, 5) is 21.5. The Hall–Kier alpha value is -5.25. The smallest absolute Gasteiger partial charge is 0.159 e. The van der Waals surface area contributed by atoms with Crippen LogP contribution < -0.4 is 0 Å². The molecular weight excluding hydrogens is 665 g/mol. The molecule has 0 aliphatic rings. The molecular formula is C45H46N2O6. The second-order valence-corrected chi connectivity index (χ2v) is 12.7. The van der Waals surface area contributed by atoms with Crippen molar-refractivity contribution >= 4 is 27.3 Å². The standard InChI is InChI=1S/C45H46N2O6/c48-38(17-9-25-50-27-29-52-32-36-15-7-19-42-40(36)21-23-46-44(42)34-11-3-1-4-12-34)31-39(49)18-10-26-51-28-30-53-33-37-16-8-20-43-41(37)22-24-47-45(43)35-13-5-2-6-14-35/h1-8,11-16,19-24,31,48H,9-10,17-18,25-30,32-33H2. The number of aliphatic hydroxyl groups excluding tert-OH is 1. The second kappa shape index (κ2) is 20.1. The highest BCUT2D eigenvalue weighted by molar-refractivity contribution is 5.97. The highest BCUT2D eigenvalue weighted by Crippen LogP contribution is 2.30. The van der Waals surface area contributed by atoms with Crippen LogP contribution in [0.1, 0.15) is 36.8 Å². The van der Waals surface area contributed by atoms with Gasteiger partial charge in [0.05, 0.1) is 56.8 Å². The number of ether oxygens (including phenoxy) is 4. The van der Waals surface area contributed by atoms with Crippen molar-refractivity contribution in [1.82, 2.24) is 9.97 Å². The van der Waals surface area contributed by atoms with Crippen molar-refractivity contribution in [3.63, 3.8) is 0 Å². The normalized spacial score (nSPS) is 11.7. The number of hydrogen-bond acceptors (Lipinski definition) is 8. The van der Waals surface area contributed by atoms with Gasteiger partial charge in [0.25, 0.3) is 0 Å². The molecule has 0 saturated carbocycles. The third-order valence-electron chi connectivity index (χ3n) is 8.91. The van der Waals surface area contributed by atoms with Crippen LogP contribution in [-0.4, -0.2) is 60.5 Å². The van der Waals surface area contributed by atoms with Crippen LogP contribution in [-0.2, 0) is 37.0 Å². The van der Waals surface area contributed by atoms with Crippen molar-refractivity contribution in [3.8, 4) is 22.5 Å². The number of carbonyl (C=O) groups is 1. The predicted octanol–water partition coefficient (Wildman–Crippen LogP) is 9.46. The van der Waals surface area contributed by atoms with E-state index in [4.69, 9.17) is 18.9 Å². The summed E-state index contributed by atoms with van der Waals surface area (Å²) in [5, 5.41) is 14.6. The van der Waals surface area contributed by atoms with Crippen LogP contribution in [0.5, 0.6) is 0 Å². The number of allylic oxidation sites excluding steroid dienone is 2. The van der Waals surface area contributed by atoms with Gasteiger partial charge in [-0.25, -0.2) is 0 Å². The van der Waals surface area contributed by atoms with Gasteiger partial charge in [-0.3, -0.25) is 14.8 Å². The molecule has 8 nitrogen and oxygen atoms in total. The molecule has 6 aromatic rings. The number of fused-ring (bicyclic) bond motifs is 2. The predicted molar refractivity (Wildman–Crippen MR) is 209 cm³/mol. The molecule has 0 aliphatic heterocycles. The number of nitrogens with zero attached hydrogens (tertiary/aromatic N) is 2. The van der Waals surface area contributed by atoms with E-state index < -0.39 is 0 Å². The van der Waals surface area contributed by atoms with Gasteiger partial charge in [-0.1, -0.05) is 97.1 Å². The number of hydrogen-bond donors (Lipinski definition) is 1. The lowest BCUT2D eigenvalue weighted by Crippen LogP contribution is -2.07. The zero-order valence-electron chi connectivity index (χ0n) is 30.0. The number of aliphatic hydroxyl groups is 1. The topological polar surface area (TPSA) is 100 Å². The van der Waals surface area contributed by atoms with Crippen LogP contribution in [0.3, 0.4) is 0 Å². The number of benzene rings is 4. The molecule has 0 radical (unpaired) electrons. The van der Waals surface area contributed by atoms with Crippen LogP contribution in [0.2, 0.25) is 0 Å². The summed E-state index contributed by atoms with van der Waals surface area (Å²) < 4.78 is 23.2. The number of carbonyl (C=O) groups excluding carboxylic acids is 1. The summed E-state index contributed by atoms with van der Waals surface area (Å²) >= 11 is 0. The summed E-state index contributed by atoms with van der Waals surface area (Å²) in [6, 6.07) is 36.8. The molecule has 0 saturated heterocycles. The summed E-state index contributed by atoms with van der Waals surface area (Å²) in [5.74, 6) is -0.0401. The molecule has 0 bridgehead atoms. The summed E-state index contributed by atoms with van der Waals surface area (Å²) in [7, 11) is 0. The molecule has 0 fully saturated rings. The number of ketones is 1.